The highest BCUT2D eigenvalue weighted by Crippen LogP contribution is 2.28. The van der Waals surface area contributed by atoms with Gasteiger partial charge in [-0.1, -0.05) is 18.2 Å². The molecule has 0 radical (unpaired) electrons. The Bertz CT molecular complexity index is 1100. The number of hydrogen-bond acceptors (Lipinski definition) is 5. The summed E-state index contributed by atoms with van der Waals surface area (Å²) in [5.74, 6) is -0.687. The zero-order valence-corrected chi connectivity index (χ0v) is 18.0. The van der Waals surface area contributed by atoms with Crippen LogP contribution in [0.5, 0.6) is 5.75 Å². The van der Waals surface area contributed by atoms with Crippen molar-refractivity contribution in [1.82, 2.24) is 0 Å². The molecule has 0 bridgehead atoms. The van der Waals surface area contributed by atoms with Crippen molar-refractivity contribution in [2.75, 3.05) is 16.2 Å². The van der Waals surface area contributed by atoms with Crippen molar-refractivity contribution in [2.45, 2.75) is 24.2 Å². The van der Waals surface area contributed by atoms with Crippen LogP contribution in [0.3, 0.4) is 0 Å². The number of rotatable bonds is 8. The lowest BCUT2D eigenvalue weighted by molar-refractivity contribution is -0.114. The van der Waals surface area contributed by atoms with Gasteiger partial charge >= 0.3 is 0 Å². The minimum atomic E-state index is -4.11. The van der Waals surface area contributed by atoms with E-state index in [4.69, 9.17) is 4.74 Å². The fourth-order valence-corrected chi connectivity index (χ4v) is 5.23. The number of halogens is 1. The molecule has 1 aromatic heterocycles. The number of sulfonamides is 1. The Labute approximate surface area is 179 Å². The van der Waals surface area contributed by atoms with E-state index in [-0.39, 0.29) is 16.0 Å². The summed E-state index contributed by atoms with van der Waals surface area (Å²) in [5, 5.41) is 4.24. The number of benzene rings is 2. The largest absolute Gasteiger partial charge is 0.491 e. The Morgan fingerprint density at radius 1 is 1.10 bits per heavy atom. The Hall–Kier alpha value is -2.91. The lowest BCUT2D eigenvalue weighted by atomic mass is 10.3. The summed E-state index contributed by atoms with van der Waals surface area (Å²) in [6.45, 7) is 3.23. The van der Waals surface area contributed by atoms with Crippen LogP contribution in [-0.2, 0) is 14.8 Å². The molecule has 1 heterocycles. The number of ether oxygens (including phenoxy) is 1. The molecule has 0 aliphatic rings. The van der Waals surface area contributed by atoms with Crippen LogP contribution in [0.4, 0.5) is 15.8 Å². The average molecular weight is 449 g/mol. The molecule has 158 valence electrons. The highest BCUT2D eigenvalue weighted by atomic mass is 32.2. The van der Waals surface area contributed by atoms with Crippen LogP contribution in [0.2, 0.25) is 0 Å². The number of thiophene rings is 1. The van der Waals surface area contributed by atoms with Crippen molar-refractivity contribution in [3.05, 3.63) is 71.9 Å². The summed E-state index contributed by atoms with van der Waals surface area (Å²) in [5.41, 5.74) is 0.278. The van der Waals surface area contributed by atoms with E-state index >= 15 is 0 Å². The third-order valence-corrected chi connectivity index (χ3v) is 7.09. The van der Waals surface area contributed by atoms with E-state index in [1.54, 1.807) is 35.7 Å². The van der Waals surface area contributed by atoms with Crippen molar-refractivity contribution < 1.29 is 22.3 Å². The zero-order chi connectivity index (χ0) is 21.7. The van der Waals surface area contributed by atoms with Gasteiger partial charge in [-0.05, 0) is 61.7 Å². The molecule has 0 atom stereocenters. The molecule has 6 nitrogen and oxygen atoms in total. The first-order chi connectivity index (χ1) is 14.3. The fourth-order valence-electron chi connectivity index (χ4n) is 2.69. The van der Waals surface area contributed by atoms with Gasteiger partial charge in [0.1, 0.15) is 22.3 Å². The van der Waals surface area contributed by atoms with Gasteiger partial charge in [-0.3, -0.25) is 9.10 Å². The minimum absolute atomic E-state index is 0.0160. The van der Waals surface area contributed by atoms with E-state index in [0.29, 0.717) is 11.4 Å². The average Bonchev–Trinajstić information content (AvgIpc) is 3.24. The van der Waals surface area contributed by atoms with Crippen LogP contribution in [0.15, 0.2) is 70.3 Å². The first-order valence-electron chi connectivity index (χ1n) is 9.14. The number of nitrogens with one attached hydrogen (secondary N) is 1. The highest BCUT2D eigenvalue weighted by molar-refractivity contribution is 7.94. The molecule has 0 saturated carbocycles. The van der Waals surface area contributed by atoms with Crippen LogP contribution in [0.1, 0.15) is 13.8 Å². The van der Waals surface area contributed by atoms with Crippen LogP contribution in [-0.4, -0.2) is 27.0 Å². The highest BCUT2D eigenvalue weighted by Gasteiger charge is 2.29. The molecular formula is C21H21FN2O4S2. The number of para-hydroxylation sites is 1. The monoisotopic (exact) mass is 448 g/mol. The normalized spacial score (nSPS) is 11.3. The van der Waals surface area contributed by atoms with Crippen molar-refractivity contribution in [2.24, 2.45) is 0 Å². The molecule has 0 saturated heterocycles. The number of carbonyl (C=O) groups excluding carboxylic acids is 1. The van der Waals surface area contributed by atoms with Crippen LogP contribution in [0, 0.1) is 5.82 Å². The number of nitrogens with zero attached hydrogens (tertiary/aromatic N) is 1. The van der Waals surface area contributed by atoms with E-state index in [0.717, 1.165) is 21.7 Å². The smallest absolute Gasteiger partial charge is 0.274 e. The van der Waals surface area contributed by atoms with Crippen LogP contribution in [0.25, 0.3) is 0 Å². The maximum Gasteiger partial charge on any atom is 0.274 e. The molecule has 1 N–H and O–H groups in total. The number of carbonyl (C=O) groups is 1. The number of anilines is 2. The second kappa shape index (κ2) is 9.27. The van der Waals surface area contributed by atoms with Gasteiger partial charge in [0, 0.05) is 5.69 Å². The molecule has 0 unspecified atom stereocenters. The molecule has 3 rings (SSSR count). The van der Waals surface area contributed by atoms with Crippen LogP contribution >= 0.6 is 11.3 Å². The van der Waals surface area contributed by atoms with Crippen molar-refractivity contribution in [3.63, 3.8) is 0 Å². The predicted molar refractivity (Wildman–Crippen MR) is 116 cm³/mol. The van der Waals surface area contributed by atoms with Gasteiger partial charge < -0.3 is 10.1 Å². The molecule has 0 spiro atoms. The molecular weight excluding hydrogens is 427 g/mol. The molecule has 0 fully saturated rings. The standard InChI is InChI=1S/C21H21FN2O4S2/c1-15(2)28-17-11-9-16(10-12-17)23-20(25)14-24(19-7-4-3-6-18(19)22)30(26,27)21-8-5-13-29-21/h3-13,15H,14H2,1-2H3,(H,23,25). The molecule has 0 aliphatic carbocycles. The second-order valence-electron chi connectivity index (χ2n) is 6.63. The Morgan fingerprint density at radius 2 is 1.80 bits per heavy atom. The fraction of sp³-hybridized carbons (Fsp3) is 0.190. The van der Waals surface area contributed by atoms with Gasteiger partial charge in [0.25, 0.3) is 10.0 Å². The van der Waals surface area contributed by atoms with Crippen molar-refractivity contribution in [3.8, 4) is 5.75 Å². The SMILES string of the molecule is CC(C)Oc1ccc(NC(=O)CN(c2ccccc2F)S(=O)(=O)c2cccs2)cc1. The van der Waals surface area contributed by atoms with Gasteiger partial charge in [-0.15, -0.1) is 11.3 Å². The Balaban J connectivity index is 1.83. The number of amides is 1. The van der Waals surface area contributed by atoms with E-state index in [2.05, 4.69) is 5.32 Å². The molecule has 2 aromatic carbocycles. The van der Waals surface area contributed by atoms with Gasteiger partial charge in [-0.2, -0.15) is 0 Å². The summed E-state index contributed by atoms with van der Waals surface area (Å²) in [4.78, 5) is 12.6. The van der Waals surface area contributed by atoms with Crippen LogP contribution < -0.4 is 14.4 Å². The lowest BCUT2D eigenvalue weighted by Gasteiger charge is -2.23. The summed E-state index contributed by atoms with van der Waals surface area (Å²) < 4.78 is 46.9. The molecule has 3 aromatic rings. The van der Waals surface area contributed by atoms with Crippen molar-refractivity contribution >= 4 is 38.6 Å². The Kier molecular flexibility index (Phi) is 6.73. The summed E-state index contributed by atoms with van der Waals surface area (Å²) in [6, 6.07) is 15.1. The van der Waals surface area contributed by atoms with E-state index in [1.807, 2.05) is 13.8 Å². The summed E-state index contributed by atoms with van der Waals surface area (Å²) in [6.07, 6.45) is 0.0160. The summed E-state index contributed by atoms with van der Waals surface area (Å²) >= 11 is 0.998. The Morgan fingerprint density at radius 3 is 2.40 bits per heavy atom. The lowest BCUT2D eigenvalue weighted by Crippen LogP contribution is -2.38. The van der Waals surface area contributed by atoms with Crippen molar-refractivity contribution in [1.29, 1.82) is 0 Å². The molecule has 1 amide bonds. The molecule has 0 aliphatic heterocycles. The third-order valence-electron chi connectivity index (χ3n) is 3.96. The number of hydrogen-bond donors (Lipinski definition) is 1. The first-order valence-corrected chi connectivity index (χ1v) is 11.5. The second-order valence-corrected chi connectivity index (χ2v) is 9.67. The van der Waals surface area contributed by atoms with Gasteiger partial charge in [0.2, 0.25) is 5.91 Å². The predicted octanol–water partition coefficient (Wildman–Crippen LogP) is 4.51. The van der Waals surface area contributed by atoms with E-state index in [9.17, 15) is 17.6 Å². The maximum atomic E-state index is 14.4. The summed E-state index contributed by atoms with van der Waals surface area (Å²) in [7, 11) is -4.11. The van der Waals surface area contributed by atoms with Gasteiger partial charge in [-0.25, -0.2) is 12.8 Å². The zero-order valence-electron chi connectivity index (χ0n) is 16.4. The maximum absolute atomic E-state index is 14.4. The molecule has 9 heteroatoms. The third kappa shape index (κ3) is 5.17. The minimum Gasteiger partial charge on any atom is -0.491 e. The van der Waals surface area contributed by atoms with Gasteiger partial charge in [0.15, 0.2) is 0 Å². The topological polar surface area (TPSA) is 75.7 Å². The van der Waals surface area contributed by atoms with Gasteiger partial charge in [0.05, 0.1) is 11.8 Å². The van der Waals surface area contributed by atoms with E-state index in [1.165, 1.54) is 24.3 Å². The molecule has 30 heavy (non-hydrogen) atoms. The first kappa shape index (κ1) is 21.8. The van der Waals surface area contributed by atoms with E-state index < -0.39 is 28.3 Å². The quantitative estimate of drug-likeness (QED) is 0.550.